The summed E-state index contributed by atoms with van der Waals surface area (Å²) in [7, 11) is 0. The zero-order valence-corrected chi connectivity index (χ0v) is 8.09. The lowest BCUT2D eigenvalue weighted by Gasteiger charge is -2.15. The second-order valence-electron chi connectivity index (χ2n) is 4.14. The predicted molar refractivity (Wildman–Crippen MR) is 51.7 cm³/mol. The second-order valence-corrected chi connectivity index (χ2v) is 4.14. The highest BCUT2D eigenvalue weighted by atomic mass is 16.1. The van der Waals surface area contributed by atoms with Crippen LogP contribution in [0.15, 0.2) is 0 Å². The molecule has 0 amide bonds. The summed E-state index contributed by atoms with van der Waals surface area (Å²) in [6.45, 7) is 4.90. The molecule has 74 valence electrons. The molecule has 2 rings (SSSR count). The van der Waals surface area contributed by atoms with Gasteiger partial charge >= 0.3 is 0 Å². The van der Waals surface area contributed by atoms with Gasteiger partial charge in [-0.05, 0) is 38.9 Å². The molecule has 0 aromatic rings. The SMILES string of the molecule is O=C(CN1CCCC1)C1CCNC1. The lowest BCUT2D eigenvalue weighted by Crippen LogP contribution is -2.31. The monoisotopic (exact) mass is 182 g/mol. The molecule has 2 heterocycles. The minimum Gasteiger partial charge on any atom is -0.316 e. The van der Waals surface area contributed by atoms with Gasteiger partial charge < -0.3 is 5.32 Å². The van der Waals surface area contributed by atoms with Gasteiger partial charge in [0.1, 0.15) is 0 Å². The Balaban J connectivity index is 1.76. The van der Waals surface area contributed by atoms with Gasteiger partial charge in [-0.1, -0.05) is 0 Å². The van der Waals surface area contributed by atoms with Crippen LogP contribution < -0.4 is 5.32 Å². The summed E-state index contributed by atoms with van der Waals surface area (Å²) in [5.74, 6) is 0.757. The Morgan fingerprint density at radius 2 is 2.15 bits per heavy atom. The van der Waals surface area contributed by atoms with Crippen LogP contribution in [0.5, 0.6) is 0 Å². The topological polar surface area (TPSA) is 32.3 Å². The summed E-state index contributed by atoms with van der Waals surface area (Å²) >= 11 is 0. The van der Waals surface area contributed by atoms with E-state index in [2.05, 4.69) is 10.2 Å². The summed E-state index contributed by atoms with van der Waals surface area (Å²) in [6, 6.07) is 0. The van der Waals surface area contributed by atoms with Crippen LogP contribution in [0, 0.1) is 5.92 Å². The van der Waals surface area contributed by atoms with Gasteiger partial charge in [0, 0.05) is 12.5 Å². The third-order valence-corrected chi connectivity index (χ3v) is 3.09. The van der Waals surface area contributed by atoms with Crippen molar-refractivity contribution in [2.45, 2.75) is 19.3 Å². The molecule has 0 aromatic heterocycles. The molecule has 2 aliphatic heterocycles. The number of rotatable bonds is 3. The maximum atomic E-state index is 11.7. The average molecular weight is 182 g/mol. The molecule has 0 radical (unpaired) electrons. The number of likely N-dealkylation sites (tertiary alicyclic amines) is 1. The number of hydrogen-bond donors (Lipinski definition) is 1. The molecule has 1 N–H and O–H groups in total. The highest BCUT2D eigenvalue weighted by Crippen LogP contribution is 2.12. The van der Waals surface area contributed by atoms with E-state index in [-0.39, 0.29) is 0 Å². The lowest BCUT2D eigenvalue weighted by atomic mass is 10.0. The normalized spacial score (nSPS) is 29.7. The summed E-state index contributed by atoms with van der Waals surface area (Å²) in [5.41, 5.74) is 0. The number of nitrogens with one attached hydrogen (secondary N) is 1. The molecule has 2 aliphatic rings. The maximum Gasteiger partial charge on any atom is 0.151 e. The highest BCUT2D eigenvalue weighted by molar-refractivity contribution is 5.83. The largest absolute Gasteiger partial charge is 0.316 e. The molecule has 0 spiro atoms. The van der Waals surface area contributed by atoms with Crippen molar-refractivity contribution >= 4 is 5.78 Å². The van der Waals surface area contributed by atoms with Crippen molar-refractivity contribution in [3.8, 4) is 0 Å². The number of ketones is 1. The highest BCUT2D eigenvalue weighted by Gasteiger charge is 2.24. The molecule has 13 heavy (non-hydrogen) atoms. The van der Waals surface area contributed by atoms with Gasteiger partial charge in [-0.3, -0.25) is 9.69 Å². The Morgan fingerprint density at radius 3 is 2.77 bits per heavy atom. The Bertz CT molecular complexity index is 181. The molecule has 1 atom stereocenters. The Kier molecular flexibility index (Phi) is 2.96. The van der Waals surface area contributed by atoms with Crippen LogP contribution in [0.3, 0.4) is 0 Å². The molecule has 0 bridgehead atoms. The summed E-state index contributed by atoms with van der Waals surface area (Å²) in [5, 5.41) is 3.24. The summed E-state index contributed by atoms with van der Waals surface area (Å²) < 4.78 is 0. The Hall–Kier alpha value is -0.410. The van der Waals surface area contributed by atoms with E-state index >= 15 is 0 Å². The first-order valence-electron chi connectivity index (χ1n) is 5.32. The van der Waals surface area contributed by atoms with E-state index < -0.39 is 0 Å². The van der Waals surface area contributed by atoms with Gasteiger partial charge in [-0.2, -0.15) is 0 Å². The Labute approximate surface area is 79.5 Å². The molecule has 2 fully saturated rings. The zero-order valence-electron chi connectivity index (χ0n) is 8.09. The van der Waals surface area contributed by atoms with Crippen LogP contribution in [-0.4, -0.2) is 43.4 Å². The lowest BCUT2D eigenvalue weighted by molar-refractivity contribution is -0.123. The molecular weight excluding hydrogens is 164 g/mol. The van der Waals surface area contributed by atoms with E-state index in [1.807, 2.05) is 0 Å². The molecule has 2 saturated heterocycles. The maximum absolute atomic E-state index is 11.7. The van der Waals surface area contributed by atoms with Gasteiger partial charge in [-0.15, -0.1) is 0 Å². The van der Waals surface area contributed by atoms with Crippen LogP contribution in [0.4, 0.5) is 0 Å². The van der Waals surface area contributed by atoms with Crippen molar-refractivity contribution in [2.24, 2.45) is 5.92 Å². The quantitative estimate of drug-likeness (QED) is 0.679. The molecule has 1 unspecified atom stereocenters. The zero-order chi connectivity index (χ0) is 9.10. The number of carbonyl (C=O) groups excluding carboxylic acids is 1. The van der Waals surface area contributed by atoms with Crippen LogP contribution in [-0.2, 0) is 4.79 Å². The van der Waals surface area contributed by atoms with Crippen LogP contribution >= 0.6 is 0 Å². The molecule has 0 aliphatic carbocycles. The van der Waals surface area contributed by atoms with Gasteiger partial charge in [0.15, 0.2) is 5.78 Å². The number of carbonyl (C=O) groups is 1. The number of Topliss-reactive ketones (excluding diaryl/α,β-unsaturated/α-hetero) is 1. The van der Waals surface area contributed by atoms with E-state index in [1.165, 1.54) is 12.8 Å². The van der Waals surface area contributed by atoms with E-state index in [0.29, 0.717) is 18.2 Å². The number of nitrogens with zero attached hydrogens (tertiary/aromatic N) is 1. The molecule has 0 aromatic carbocycles. The second kappa shape index (κ2) is 4.20. The molecule has 0 saturated carbocycles. The fourth-order valence-electron chi connectivity index (χ4n) is 2.22. The third kappa shape index (κ3) is 2.29. The minimum atomic E-state index is 0.306. The van der Waals surface area contributed by atoms with Crippen molar-refractivity contribution < 1.29 is 4.79 Å². The van der Waals surface area contributed by atoms with E-state index in [9.17, 15) is 4.79 Å². The smallest absolute Gasteiger partial charge is 0.151 e. The van der Waals surface area contributed by atoms with Crippen molar-refractivity contribution in [3.05, 3.63) is 0 Å². The first-order valence-corrected chi connectivity index (χ1v) is 5.32. The average Bonchev–Trinajstić information content (AvgIpc) is 2.74. The molecular formula is C10H18N2O. The first kappa shape index (κ1) is 9.16. The van der Waals surface area contributed by atoms with Crippen molar-refractivity contribution in [2.75, 3.05) is 32.7 Å². The standard InChI is InChI=1S/C10H18N2O/c13-10(9-3-4-11-7-9)8-12-5-1-2-6-12/h9,11H,1-8H2. The van der Waals surface area contributed by atoms with Crippen molar-refractivity contribution in [1.29, 1.82) is 0 Å². The van der Waals surface area contributed by atoms with Crippen molar-refractivity contribution in [3.63, 3.8) is 0 Å². The first-order chi connectivity index (χ1) is 6.36. The van der Waals surface area contributed by atoms with Gasteiger partial charge in [0.2, 0.25) is 0 Å². The third-order valence-electron chi connectivity index (χ3n) is 3.09. The Morgan fingerprint density at radius 1 is 1.38 bits per heavy atom. The van der Waals surface area contributed by atoms with Crippen molar-refractivity contribution in [1.82, 2.24) is 10.2 Å². The van der Waals surface area contributed by atoms with Gasteiger partial charge in [-0.25, -0.2) is 0 Å². The van der Waals surface area contributed by atoms with E-state index in [0.717, 1.165) is 32.6 Å². The van der Waals surface area contributed by atoms with Crippen LogP contribution in [0.25, 0.3) is 0 Å². The van der Waals surface area contributed by atoms with Crippen LogP contribution in [0.1, 0.15) is 19.3 Å². The van der Waals surface area contributed by atoms with Gasteiger partial charge in [0.25, 0.3) is 0 Å². The van der Waals surface area contributed by atoms with Gasteiger partial charge in [0.05, 0.1) is 6.54 Å². The number of hydrogen-bond acceptors (Lipinski definition) is 3. The fraction of sp³-hybridized carbons (Fsp3) is 0.900. The molecule has 3 heteroatoms. The summed E-state index contributed by atoms with van der Waals surface area (Å²) in [6.07, 6.45) is 3.60. The van der Waals surface area contributed by atoms with E-state index in [4.69, 9.17) is 0 Å². The predicted octanol–water partition coefficient (Wildman–Crippen LogP) is 0.261. The van der Waals surface area contributed by atoms with E-state index in [1.54, 1.807) is 0 Å². The van der Waals surface area contributed by atoms with Crippen LogP contribution in [0.2, 0.25) is 0 Å². The molecule has 3 nitrogen and oxygen atoms in total. The summed E-state index contributed by atoms with van der Waals surface area (Å²) in [4.78, 5) is 14.0. The minimum absolute atomic E-state index is 0.306. The fourth-order valence-corrected chi connectivity index (χ4v) is 2.22.